The predicted molar refractivity (Wildman–Crippen MR) is 99.1 cm³/mol. The fourth-order valence-electron chi connectivity index (χ4n) is 3.04. The number of aromatic nitrogens is 2. The molecular weight excluding hydrogens is 406 g/mol. The molecule has 0 radical (unpaired) electrons. The van der Waals surface area contributed by atoms with Gasteiger partial charge in [-0.2, -0.15) is 4.31 Å². The number of rotatable bonds is 5. The Morgan fingerprint density at radius 3 is 2.71 bits per heavy atom. The Kier molecular flexibility index (Phi) is 5.41. The van der Waals surface area contributed by atoms with Crippen LogP contribution in [-0.4, -0.2) is 66.5 Å². The van der Waals surface area contributed by atoms with Crippen LogP contribution >= 0.6 is 11.8 Å². The molecule has 2 fully saturated rings. The number of benzene rings is 1. The van der Waals surface area contributed by atoms with Gasteiger partial charge in [-0.15, -0.1) is 10.2 Å². The lowest BCUT2D eigenvalue weighted by Gasteiger charge is -2.26. The molecule has 2 atom stereocenters. The molecule has 11 heteroatoms. The lowest BCUT2D eigenvalue weighted by molar-refractivity contribution is -0.140. The van der Waals surface area contributed by atoms with Crippen molar-refractivity contribution in [1.29, 1.82) is 0 Å². The summed E-state index contributed by atoms with van der Waals surface area (Å²) in [5.74, 6) is -0.100. The average Bonchev–Trinajstić information content (AvgIpc) is 3.29. The van der Waals surface area contributed by atoms with E-state index in [0.717, 1.165) is 11.8 Å². The van der Waals surface area contributed by atoms with Crippen LogP contribution in [0.1, 0.15) is 13.3 Å². The van der Waals surface area contributed by atoms with Gasteiger partial charge in [0.2, 0.25) is 15.9 Å². The molecule has 4 rings (SSSR count). The quantitative estimate of drug-likeness (QED) is 0.659. The largest absolute Gasteiger partial charge is 0.462 e. The van der Waals surface area contributed by atoms with E-state index < -0.39 is 10.0 Å². The zero-order chi connectivity index (χ0) is 19.7. The highest BCUT2D eigenvalue weighted by Crippen LogP contribution is 2.33. The van der Waals surface area contributed by atoms with E-state index in [1.807, 2.05) is 6.92 Å². The van der Waals surface area contributed by atoms with Gasteiger partial charge in [-0.3, -0.25) is 4.79 Å². The highest BCUT2D eigenvalue weighted by molar-refractivity contribution is 8.00. The second-order valence-electron chi connectivity index (χ2n) is 6.51. The molecule has 0 bridgehead atoms. The zero-order valence-electron chi connectivity index (χ0n) is 15.1. The van der Waals surface area contributed by atoms with Gasteiger partial charge >= 0.3 is 5.97 Å². The lowest BCUT2D eigenvalue weighted by atomic mass is 10.2. The minimum atomic E-state index is -3.62. The molecule has 150 valence electrons. The molecular formula is C17H19N3O6S2. The first-order chi connectivity index (χ1) is 13.4. The summed E-state index contributed by atoms with van der Waals surface area (Å²) >= 11 is 1.16. The number of carbonyl (C=O) groups is 1. The molecule has 0 N–H and O–H groups in total. The van der Waals surface area contributed by atoms with E-state index in [1.54, 1.807) is 12.1 Å². The van der Waals surface area contributed by atoms with Gasteiger partial charge < -0.3 is 13.9 Å². The fraction of sp³-hybridized carbons (Fsp3) is 0.471. The number of hydrogen-bond donors (Lipinski definition) is 0. The normalized spacial score (nSPS) is 23.7. The smallest absolute Gasteiger partial charge is 0.320 e. The van der Waals surface area contributed by atoms with Crippen molar-refractivity contribution in [2.75, 3.05) is 26.3 Å². The van der Waals surface area contributed by atoms with Crippen LogP contribution in [0, 0.1) is 0 Å². The second-order valence-corrected chi connectivity index (χ2v) is 9.60. The number of sulfonamides is 1. The summed E-state index contributed by atoms with van der Waals surface area (Å²) in [7, 11) is -3.62. The molecule has 1 aromatic carbocycles. The Balaban J connectivity index is 1.53. The van der Waals surface area contributed by atoms with E-state index in [0.29, 0.717) is 38.3 Å². The highest BCUT2D eigenvalue weighted by atomic mass is 32.2. The van der Waals surface area contributed by atoms with Crippen LogP contribution < -0.4 is 0 Å². The maximum Gasteiger partial charge on any atom is 0.320 e. The number of hydrogen-bond acceptors (Lipinski definition) is 9. The van der Waals surface area contributed by atoms with Crippen molar-refractivity contribution in [2.24, 2.45) is 0 Å². The first kappa shape index (κ1) is 19.4. The molecule has 2 aliphatic rings. The van der Waals surface area contributed by atoms with E-state index in [1.165, 1.54) is 16.4 Å². The Morgan fingerprint density at radius 2 is 2.00 bits per heavy atom. The van der Waals surface area contributed by atoms with Crippen LogP contribution in [0.5, 0.6) is 0 Å². The topological polar surface area (TPSA) is 112 Å². The molecule has 28 heavy (non-hydrogen) atoms. The number of cyclic esters (lactones) is 1. The molecule has 1 aromatic heterocycles. The van der Waals surface area contributed by atoms with Gasteiger partial charge in [0.25, 0.3) is 5.22 Å². The van der Waals surface area contributed by atoms with Crippen LogP contribution in [0.3, 0.4) is 0 Å². The average molecular weight is 425 g/mol. The SMILES string of the molecule is C[C@H]1C[C@@H](Sc2nnc(-c3cccc(S(=O)(=O)N4CCOCC4)c3)o2)C(=O)O1. The third-order valence-electron chi connectivity index (χ3n) is 4.46. The number of carbonyl (C=O) groups excluding carboxylic acids is 1. The monoisotopic (exact) mass is 425 g/mol. The first-order valence-electron chi connectivity index (χ1n) is 8.82. The van der Waals surface area contributed by atoms with E-state index in [2.05, 4.69) is 10.2 Å². The number of nitrogens with zero attached hydrogens (tertiary/aromatic N) is 3. The zero-order valence-corrected chi connectivity index (χ0v) is 16.7. The highest BCUT2D eigenvalue weighted by Gasteiger charge is 2.34. The molecule has 0 amide bonds. The summed E-state index contributed by atoms with van der Waals surface area (Å²) in [5.41, 5.74) is 0.496. The number of esters is 1. The fourth-order valence-corrected chi connectivity index (χ4v) is 5.47. The Bertz CT molecular complexity index is 971. The van der Waals surface area contributed by atoms with Crippen molar-refractivity contribution < 1.29 is 27.1 Å². The summed E-state index contributed by atoms with van der Waals surface area (Å²) in [6.45, 7) is 3.24. The van der Waals surface area contributed by atoms with Crippen LogP contribution in [0.2, 0.25) is 0 Å². The minimum absolute atomic E-state index is 0.130. The lowest BCUT2D eigenvalue weighted by Crippen LogP contribution is -2.40. The van der Waals surface area contributed by atoms with E-state index in [9.17, 15) is 13.2 Å². The molecule has 0 spiro atoms. The van der Waals surface area contributed by atoms with E-state index in [-0.39, 0.29) is 33.3 Å². The van der Waals surface area contributed by atoms with Gasteiger partial charge in [-0.1, -0.05) is 6.07 Å². The van der Waals surface area contributed by atoms with Crippen molar-refractivity contribution >= 4 is 27.8 Å². The Hall–Kier alpha value is -1.95. The summed E-state index contributed by atoms with van der Waals surface area (Å²) in [6, 6.07) is 6.39. The van der Waals surface area contributed by atoms with Crippen molar-refractivity contribution in [3.8, 4) is 11.5 Å². The number of morpholine rings is 1. The number of thioether (sulfide) groups is 1. The van der Waals surface area contributed by atoms with E-state index in [4.69, 9.17) is 13.9 Å². The van der Waals surface area contributed by atoms with Crippen molar-refractivity contribution in [3.63, 3.8) is 0 Å². The molecule has 2 saturated heterocycles. The van der Waals surface area contributed by atoms with Gasteiger partial charge in [-0.05, 0) is 36.9 Å². The molecule has 2 aromatic rings. The first-order valence-corrected chi connectivity index (χ1v) is 11.1. The third kappa shape index (κ3) is 3.93. The second kappa shape index (κ2) is 7.82. The van der Waals surface area contributed by atoms with Crippen molar-refractivity contribution in [1.82, 2.24) is 14.5 Å². The Labute approximate surface area is 166 Å². The maximum atomic E-state index is 12.8. The summed E-state index contributed by atoms with van der Waals surface area (Å²) in [6.07, 6.45) is 0.448. The minimum Gasteiger partial charge on any atom is -0.462 e. The number of ether oxygens (including phenoxy) is 2. The summed E-state index contributed by atoms with van der Waals surface area (Å²) in [5, 5.41) is 7.81. The summed E-state index contributed by atoms with van der Waals surface area (Å²) in [4.78, 5) is 11.9. The molecule has 2 aliphatic heterocycles. The van der Waals surface area contributed by atoms with Crippen LogP contribution in [-0.2, 0) is 24.3 Å². The van der Waals surface area contributed by atoms with Gasteiger partial charge in [-0.25, -0.2) is 8.42 Å². The van der Waals surface area contributed by atoms with Crippen LogP contribution in [0.25, 0.3) is 11.5 Å². The van der Waals surface area contributed by atoms with Gasteiger partial charge in [0.1, 0.15) is 11.4 Å². The standard InChI is InChI=1S/C17H19N3O6S2/c1-11-9-14(16(21)25-11)27-17-19-18-15(26-17)12-3-2-4-13(10-12)28(22,23)20-5-7-24-8-6-20/h2-4,10-11,14H,5-9H2,1H3/t11-,14+/m0/s1. The van der Waals surface area contributed by atoms with Crippen LogP contribution in [0.4, 0.5) is 0 Å². The predicted octanol–water partition coefficient (Wildman–Crippen LogP) is 1.55. The molecule has 9 nitrogen and oxygen atoms in total. The van der Waals surface area contributed by atoms with Gasteiger partial charge in [0.05, 0.1) is 18.1 Å². The molecule has 3 heterocycles. The maximum absolute atomic E-state index is 12.8. The van der Waals surface area contributed by atoms with Crippen LogP contribution in [0.15, 0.2) is 38.8 Å². The summed E-state index contributed by atoms with van der Waals surface area (Å²) < 4.78 is 43.0. The third-order valence-corrected chi connectivity index (χ3v) is 7.40. The molecule has 0 aliphatic carbocycles. The van der Waals surface area contributed by atoms with Gasteiger partial charge in [0, 0.05) is 25.1 Å². The molecule has 0 unspecified atom stereocenters. The van der Waals surface area contributed by atoms with Gasteiger partial charge in [0.15, 0.2) is 0 Å². The van der Waals surface area contributed by atoms with E-state index >= 15 is 0 Å². The van der Waals surface area contributed by atoms with Crippen molar-refractivity contribution in [2.45, 2.75) is 34.8 Å². The Morgan fingerprint density at radius 1 is 1.21 bits per heavy atom. The molecule has 0 saturated carbocycles. The van der Waals surface area contributed by atoms with Crippen molar-refractivity contribution in [3.05, 3.63) is 24.3 Å².